The van der Waals surface area contributed by atoms with Crippen molar-refractivity contribution in [2.24, 2.45) is 9.98 Å². The number of fused-ring (bicyclic) bond motifs is 2. The molecule has 4 aliphatic heterocycles. The van der Waals surface area contributed by atoms with E-state index < -0.39 is 11.9 Å². The summed E-state index contributed by atoms with van der Waals surface area (Å²) in [5.41, 5.74) is 1.49. The smallest absolute Gasteiger partial charge is 0.423 e. The molecule has 2 aromatic carbocycles. The number of anilines is 2. The van der Waals surface area contributed by atoms with Crippen molar-refractivity contribution in [1.82, 2.24) is 10.6 Å². The topological polar surface area (TPSA) is 126 Å². The molecule has 4 heterocycles. The molecule has 4 aliphatic rings. The first-order chi connectivity index (χ1) is 18.4. The first kappa shape index (κ1) is 23.9. The van der Waals surface area contributed by atoms with E-state index in [1.165, 1.54) is 0 Å². The maximum Gasteiger partial charge on any atom is 0.423 e. The van der Waals surface area contributed by atoms with E-state index in [1.54, 1.807) is 36.4 Å². The molecular formula is C26H28N6O6. The second-order valence-corrected chi connectivity index (χ2v) is 9.40. The fraction of sp³-hybridized carbons (Fsp3) is 0.385. The minimum atomic E-state index is -1.13. The summed E-state index contributed by atoms with van der Waals surface area (Å²) in [5, 5.41) is 6.48. The van der Waals surface area contributed by atoms with Crippen molar-refractivity contribution < 1.29 is 28.5 Å². The number of likely N-dealkylation sites (N-methyl/N-ethyl adjacent to an activating group) is 2. The number of benzene rings is 2. The number of nitrogens with zero attached hydrogens (tertiary/aromatic N) is 4. The first-order valence-corrected chi connectivity index (χ1v) is 12.5. The Bertz CT molecular complexity index is 1240. The zero-order valence-electron chi connectivity index (χ0n) is 21.1. The number of amidine groups is 2. The van der Waals surface area contributed by atoms with E-state index in [9.17, 15) is 9.59 Å². The van der Waals surface area contributed by atoms with Crippen LogP contribution >= 0.6 is 0 Å². The van der Waals surface area contributed by atoms with E-state index in [0.29, 0.717) is 24.6 Å². The summed E-state index contributed by atoms with van der Waals surface area (Å²) in [6, 6.07) is 9.89. The van der Waals surface area contributed by atoms with E-state index >= 15 is 0 Å². The van der Waals surface area contributed by atoms with E-state index in [2.05, 4.69) is 20.6 Å². The number of nitrogens with one attached hydrogen (secondary N) is 2. The van der Waals surface area contributed by atoms with Crippen molar-refractivity contribution in [2.75, 3.05) is 63.2 Å². The third-order valence-electron chi connectivity index (χ3n) is 6.70. The van der Waals surface area contributed by atoms with Gasteiger partial charge in [-0.05, 0) is 24.3 Å². The standard InChI is InChI=1S/C26H28N6O6/c1-31-13-21(23-27-7-8-28-23)37-19-5-3-15(11-17(19)31)35-25(33)26(34)36-16-4-6-20-18(12-16)32(2)14-22(38-20)24-29-9-10-30-24/h3-6,11-12,21-22H,7-10,13-14H2,1-2H3,(H,27,28)(H,29,30). The lowest BCUT2D eigenvalue weighted by atomic mass is 10.2. The highest BCUT2D eigenvalue weighted by Gasteiger charge is 2.31. The lowest BCUT2D eigenvalue weighted by Gasteiger charge is -2.34. The second-order valence-electron chi connectivity index (χ2n) is 9.40. The van der Waals surface area contributed by atoms with Crippen molar-refractivity contribution >= 4 is 35.0 Å². The Labute approximate surface area is 219 Å². The highest BCUT2D eigenvalue weighted by Crippen LogP contribution is 2.37. The number of aliphatic imine (C=N–C) groups is 2. The summed E-state index contributed by atoms with van der Waals surface area (Å²) in [4.78, 5) is 37.9. The summed E-state index contributed by atoms with van der Waals surface area (Å²) in [6.45, 7) is 4.25. The van der Waals surface area contributed by atoms with Crippen molar-refractivity contribution in [3.05, 3.63) is 36.4 Å². The van der Waals surface area contributed by atoms with E-state index in [-0.39, 0.29) is 23.7 Å². The van der Waals surface area contributed by atoms with Gasteiger partial charge in [-0.15, -0.1) is 0 Å². The third kappa shape index (κ3) is 4.64. The molecule has 0 saturated carbocycles. The molecule has 12 nitrogen and oxygen atoms in total. The Kier molecular flexibility index (Phi) is 6.14. The van der Waals surface area contributed by atoms with Crippen molar-refractivity contribution in [3.63, 3.8) is 0 Å². The molecule has 0 bridgehead atoms. The number of hydrogen-bond acceptors (Lipinski definition) is 12. The Hall–Kier alpha value is -4.48. The average molecular weight is 521 g/mol. The SMILES string of the molecule is CN1CC(C2=NCCN2)Oc2ccc(OC(=O)C(=O)Oc3ccc4c(c3)N(C)CC(C3=NCCN3)O4)cc21. The summed E-state index contributed by atoms with van der Waals surface area (Å²) in [6.07, 6.45) is -0.392. The summed E-state index contributed by atoms with van der Waals surface area (Å²) >= 11 is 0. The molecule has 12 heteroatoms. The minimum Gasteiger partial charge on any atom is -0.478 e. The first-order valence-electron chi connectivity index (χ1n) is 12.5. The van der Waals surface area contributed by atoms with Crippen LogP contribution in [0, 0.1) is 0 Å². The van der Waals surface area contributed by atoms with Crippen molar-refractivity contribution in [3.8, 4) is 23.0 Å². The zero-order chi connectivity index (χ0) is 26.2. The molecule has 2 N–H and O–H groups in total. The van der Waals surface area contributed by atoms with Gasteiger partial charge in [-0.1, -0.05) is 0 Å². The van der Waals surface area contributed by atoms with Crippen LogP contribution in [0.15, 0.2) is 46.4 Å². The van der Waals surface area contributed by atoms with Gasteiger partial charge in [0, 0.05) is 39.3 Å². The van der Waals surface area contributed by atoms with E-state index in [4.69, 9.17) is 18.9 Å². The van der Waals surface area contributed by atoms with Crippen molar-refractivity contribution in [1.29, 1.82) is 0 Å². The Morgan fingerprint density at radius 3 is 1.63 bits per heavy atom. The van der Waals surface area contributed by atoms with Gasteiger partial charge in [-0.3, -0.25) is 9.98 Å². The van der Waals surface area contributed by atoms with Crippen LogP contribution in [0.1, 0.15) is 0 Å². The summed E-state index contributed by atoms with van der Waals surface area (Å²) < 4.78 is 22.8. The monoisotopic (exact) mass is 520 g/mol. The Balaban J connectivity index is 1.09. The van der Waals surface area contributed by atoms with Gasteiger partial charge in [0.05, 0.1) is 37.6 Å². The average Bonchev–Trinajstić information content (AvgIpc) is 3.64. The van der Waals surface area contributed by atoms with E-state index in [1.807, 2.05) is 23.9 Å². The van der Waals surface area contributed by atoms with E-state index in [0.717, 1.165) is 49.2 Å². The van der Waals surface area contributed by atoms with Crippen LogP contribution in [0.3, 0.4) is 0 Å². The molecule has 198 valence electrons. The van der Waals surface area contributed by atoms with Crippen LogP contribution in [0.2, 0.25) is 0 Å². The molecular weight excluding hydrogens is 492 g/mol. The van der Waals surface area contributed by atoms with Gasteiger partial charge >= 0.3 is 11.9 Å². The van der Waals surface area contributed by atoms with Crippen LogP contribution in [-0.4, -0.2) is 89.2 Å². The van der Waals surface area contributed by atoms with Crippen molar-refractivity contribution in [2.45, 2.75) is 12.2 Å². The predicted octanol–water partition coefficient (Wildman–Crippen LogP) is 0.595. The van der Waals surface area contributed by atoms with Gasteiger partial charge < -0.3 is 39.4 Å². The largest absolute Gasteiger partial charge is 0.478 e. The Morgan fingerprint density at radius 1 is 0.789 bits per heavy atom. The molecule has 0 spiro atoms. The number of rotatable bonds is 4. The minimum absolute atomic E-state index is 0.196. The van der Waals surface area contributed by atoms with Gasteiger partial charge in [-0.25, -0.2) is 9.59 Å². The molecule has 0 amide bonds. The molecule has 0 aromatic heterocycles. The van der Waals surface area contributed by atoms with Gasteiger partial charge in [-0.2, -0.15) is 0 Å². The fourth-order valence-corrected chi connectivity index (χ4v) is 4.84. The molecule has 2 aromatic rings. The Morgan fingerprint density at radius 2 is 1.24 bits per heavy atom. The molecule has 0 radical (unpaired) electrons. The fourth-order valence-electron chi connectivity index (χ4n) is 4.84. The lowest BCUT2D eigenvalue weighted by molar-refractivity contribution is -0.156. The predicted molar refractivity (Wildman–Crippen MR) is 140 cm³/mol. The maximum atomic E-state index is 12.5. The number of hydrogen-bond donors (Lipinski definition) is 2. The van der Waals surface area contributed by atoms with Gasteiger partial charge in [0.25, 0.3) is 0 Å². The highest BCUT2D eigenvalue weighted by atomic mass is 16.6. The van der Waals surface area contributed by atoms with Crippen LogP contribution in [0.4, 0.5) is 11.4 Å². The molecule has 0 saturated heterocycles. The number of carbonyl (C=O) groups excluding carboxylic acids is 2. The quantitative estimate of drug-likeness (QED) is 0.336. The number of ether oxygens (including phenoxy) is 4. The van der Waals surface area contributed by atoms with Crippen LogP contribution in [-0.2, 0) is 9.59 Å². The van der Waals surface area contributed by atoms with Gasteiger partial charge in [0.15, 0.2) is 12.2 Å². The molecule has 2 unspecified atom stereocenters. The molecule has 2 atom stereocenters. The van der Waals surface area contributed by atoms with Crippen LogP contribution in [0.5, 0.6) is 23.0 Å². The summed E-state index contributed by atoms with van der Waals surface area (Å²) in [7, 11) is 3.83. The molecule has 0 fully saturated rings. The molecule has 0 aliphatic carbocycles. The number of esters is 2. The molecule has 38 heavy (non-hydrogen) atoms. The number of carbonyl (C=O) groups is 2. The third-order valence-corrected chi connectivity index (χ3v) is 6.70. The second kappa shape index (κ2) is 9.77. The van der Waals surface area contributed by atoms with Gasteiger partial charge in [0.2, 0.25) is 0 Å². The summed E-state index contributed by atoms with van der Waals surface area (Å²) in [5.74, 6) is 1.12. The van der Waals surface area contributed by atoms with Crippen LogP contribution < -0.4 is 39.4 Å². The normalized spacial score (nSPS) is 21.5. The highest BCUT2D eigenvalue weighted by molar-refractivity contribution is 6.31. The lowest BCUT2D eigenvalue weighted by Crippen LogP contribution is -2.46. The maximum absolute atomic E-state index is 12.5. The van der Waals surface area contributed by atoms with Gasteiger partial charge in [0.1, 0.15) is 34.7 Å². The van der Waals surface area contributed by atoms with Crippen LogP contribution in [0.25, 0.3) is 0 Å². The molecule has 6 rings (SSSR count). The zero-order valence-corrected chi connectivity index (χ0v) is 21.1.